The highest BCUT2D eigenvalue weighted by Crippen LogP contribution is 2.14. The minimum Gasteiger partial charge on any atom is -0.395 e. The molecule has 0 aliphatic rings. The Labute approximate surface area is 153 Å². The van der Waals surface area contributed by atoms with Gasteiger partial charge in [-0.05, 0) is 6.42 Å². The summed E-state index contributed by atoms with van der Waals surface area (Å²) in [5.74, 6) is 0. The molecule has 146 valence electrons. The van der Waals surface area contributed by atoms with Gasteiger partial charge in [-0.15, -0.1) is 0 Å². The summed E-state index contributed by atoms with van der Waals surface area (Å²) in [6.07, 6.45) is 26.4. The van der Waals surface area contributed by atoms with Gasteiger partial charge in [0, 0.05) is 6.04 Å². The fraction of sp³-hybridized carbons (Fsp3) is 1.00. The second-order valence-electron chi connectivity index (χ2n) is 7.74. The van der Waals surface area contributed by atoms with E-state index in [1.54, 1.807) is 0 Å². The SMILES string of the molecule is CCCCCCCCCCCCCCCCCCCC[C@H](N)CO. The van der Waals surface area contributed by atoms with Crippen LogP contribution < -0.4 is 5.73 Å². The van der Waals surface area contributed by atoms with Gasteiger partial charge in [0.15, 0.2) is 0 Å². The van der Waals surface area contributed by atoms with E-state index in [1.807, 2.05) is 0 Å². The molecule has 0 aromatic heterocycles. The van der Waals surface area contributed by atoms with Crippen LogP contribution in [0.5, 0.6) is 0 Å². The molecule has 0 aliphatic carbocycles. The lowest BCUT2D eigenvalue weighted by atomic mass is 10.0. The number of unbranched alkanes of at least 4 members (excludes halogenated alkanes) is 17. The van der Waals surface area contributed by atoms with E-state index >= 15 is 0 Å². The number of rotatable bonds is 20. The van der Waals surface area contributed by atoms with Crippen LogP contribution in [-0.2, 0) is 0 Å². The number of aliphatic hydroxyl groups is 1. The Bertz CT molecular complexity index is 220. The van der Waals surface area contributed by atoms with E-state index in [1.165, 1.54) is 116 Å². The van der Waals surface area contributed by atoms with E-state index in [4.69, 9.17) is 10.8 Å². The highest BCUT2D eigenvalue weighted by molar-refractivity contribution is 4.58. The second-order valence-corrected chi connectivity index (χ2v) is 7.74. The van der Waals surface area contributed by atoms with Crippen molar-refractivity contribution >= 4 is 0 Å². The van der Waals surface area contributed by atoms with Crippen LogP contribution >= 0.6 is 0 Å². The first-order valence-corrected chi connectivity index (χ1v) is 11.2. The Morgan fingerprint density at radius 1 is 0.542 bits per heavy atom. The molecule has 0 fully saturated rings. The molecule has 0 rings (SSSR count). The molecule has 0 unspecified atom stereocenters. The molecule has 2 heteroatoms. The van der Waals surface area contributed by atoms with E-state index in [0.717, 1.165) is 6.42 Å². The summed E-state index contributed by atoms with van der Waals surface area (Å²) in [4.78, 5) is 0. The Hall–Kier alpha value is -0.0800. The van der Waals surface area contributed by atoms with Crippen LogP contribution in [0.2, 0.25) is 0 Å². The van der Waals surface area contributed by atoms with Crippen LogP contribution in [-0.4, -0.2) is 17.8 Å². The molecule has 0 heterocycles. The maximum atomic E-state index is 8.85. The molecule has 0 spiro atoms. The molecule has 0 radical (unpaired) electrons. The van der Waals surface area contributed by atoms with Gasteiger partial charge in [0.05, 0.1) is 6.61 Å². The number of hydrogen-bond donors (Lipinski definition) is 2. The van der Waals surface area contributed by atoms with Gasteiger partial charge in [-0.25, -0.2) is 0 Å². The summed E-state index contributed by atoms with van der Waals surface area (Å²) in [7, 11) is 0. The highest BCUT2D eigenvalue weighted by Gasteiger charge is 1.99. The van der Waals surface area contributed by atoms with Crippen LogP contribution in [0.3, 0.4) is 0 Å². The van der Waals surface area contributed by atoms with Crippen LogP contribution in [0.25, 0.3) is 0 Å². The fourth-order valence-electron chi connectivity index (χ4n) is 3.40. The molecule has 2 nitrogen and oxygen atoms in total. The van der Waals surface area contributed by atoms with Crippen LogP contribution in [0.4, 0.5) is 0 Å². The summed E-state index contributed by atoms with van der Waals surface area (Å²) in [6, 6.07) is 0.00561. The van der Waals surface area contributed by atoms with Gasteiger partial charge in [-0.3, -0.25) is 0 Å². The Morgan fingerprint density at radius 3 is 1.12 bits per heavy atom. The molecule has 24 heavy (non-hydrogen) atoms. The third kappa shape index (κ3) is 20.0. The molecule has 3 N–H and O–H groups in total. The van der Waals surface area contributed by atoms with Crippen molar-refractivity contribution in [2.45, 2.75) is 135 Å². The van der Waals surface area contributed by atoms with Crippen molar-refractivity contribution in [1.29, 1.82) is 0 Å². The lowest BCUT2D eigenvalue weighted by Crippen LogP contribution is -2.23. The lowest BCUT2D eigenvalue weighted by molar-refractivity contribution is 0.257. The van der Waals surface area contributed by atoms with Crippen molar-refractivity contribution in [3.8, 4) is 0 Å². The Morgan fingerprint density at radius 2 is 0.833 bits per heavy atom. The van der Waals surface area contributed by atoms with Crippen LogP contribution in [0.15, 0.2) is 0 Å². The largest absolute Gasteiger partial charge is 0.395 e. The fourth-order valence-corrected chi connectivity index (χ4v) is 3.40. The smallest absolute Gasteiger partial charge is 0.0582 e. The average molecular weight is 342 g/mol. The highest BCUT2D eigenvalue weighted by atomic mass is 16.3. The monoisotopic (exact) mass is 341 g/mol. The Kier molecular flexibility index (Phi) is 20.9. The molecule has 0 saturated carbocycles. The summed E-state index contributed by atoms with van der Waals surface area (Å²) in [6.45, 7) is 2.43. The standard InChI is InChI=1S/C22H47NO/c1-2-3-4-5-6-7-8-9-10-11-12-13-14-15-16-17-18-19-20-22(23)21-24/h22,24H,2-21,23H2,1H3/t22-/m0/s1. The minimum absolute atomic E-state index is 0.00561. The Balaban J connectivity index is 2.98. The average Bonchev–Trinajstić information content (AvgIpc) is 2.60. The molecule has 0 aromatic carbocycles. The first kappa shape index (κ1) is 23.9. The maximum absolute atomic E-state index is 8.85. The third-order valence-corrected chi connectivity index (χ3v) is 5.16. The first-order valence-electron chi connectivity index (χ1n) is 11.2. The molecule has 0 bridgehead atoms. The molecule has 0 amide bonds. The summed E-state index contributed by atoms with van der Waals surface area (Å²) >= 11 is 0. The molecular weight excluding hydrogens is 294 g/mol. The normalized spacial score (nSPS) is 12.6. The van der Waals surface area contributed by atoms with Crippen molar-refractivity contribution in [2.24, 2.45) is 5.73 Å². The van der Waals surface area contributed by atoms with E-state index in [9.17, 15) is 0 Å². The van der Waals surface area contributed by atoms with Crippen molar-refractivity contribution < 1.29 is 5.11 Å². The zero-order chi connectivity index (χ0) is 17.7. The molecule has 1 atom stereocenters. The quantitative estimate of drug-likeness (QED) is 0.241. The van der Waals surface area contributed by atoms with Gasteiger partial charge in [0.2, 0.25) is 0 Å². The van der Waals surface area contributed by atoms with Crippen molar-refractivity contribution in [1.82, 2.24) is 0 Å². The second kappa shape index (κ2) is 21.0. The maximum Gasteiger partial charge on any atom is 0.0582 e. The van der Waals surface area contributed by atoms with Gasteiger partial charge in [-0.1, -0.05) is 122 Å². The molecule has 0 aliphatic heterocycles. The van der Waals surface area contributed by atoms with E-state index in [-0.39, 0.29) is 12.6 Å². The molecule has 0 aromatic rings. The zero-order valence-electron chi connectivity index (χ0n) is 16.7. The lowest BCUT2D eigenvalue weighted by Gasteiger charge is -2.07. The predicted octanol–water partition coefficient (Wildman–Crippen LogP) is 6.74. The van der Waals surface area contributed by atoms with Gasteiger partial charge < -0.3 is 10.8 Å². The predicted molar refractivity (Wildman–Crippen MR) is 108 cm³/mol. The van der Waals surface area contributed by atoms with E-state index < -0.39 is 0 Å². The zero-order valence-corrected chi connectivity index (χ0v) is 16.7. The van der Waals surface area contributed by atoms with Crippen molar-refractivity contribution in [2.75, 3.05) is 6.61 Å². The number of hydrogen-bond acceptors (Lipinski definition) is 2. The van der Waals surface area contributed by atoms with E-state index in [2.05, 4.69) is 6.92 Å². The van der Waals surface area contributed by atoms with Crippen LogP contribution in [0.1, 0.15) is 129 Å². The minimum atomic E-state index is 0.00561. The number of nitrogens with two attached hydrogens (primary N) is 1. The molecule has 0 saturated heterocycles. The summed E-state index contributed by atoms with van der Waals surface area (Å²) < 4.78 is 0. The van der Waals surface area contributed by atoms with Crippen LogP contribution in [0, 0.1) is 0 Å². The molecular formula is C22H47NO. The third-order valence-electron chi connectivity index (χ3n) is 5.16. The van der Waals surface area contributed by atoms with Gasteiger partial charge in [-0.2, -0.15) is 0 Å². The van der Waals surface area contributed by atoms with Crippen molar-refractivity contribution in [3.05, 3.63) is 0 Å². The number of aliphatic hydroxyl groups excluding tert-OH is 1. The van der Waals surface area contributed by atoms with Gasteiger partial charge in [0.25, 0.3) is 0 Å². The van der Waals surface area contributed by atoms with Gasteiger partial charge in [0.1, 0.15) is 0 Å². The van der Waals surface area contributed by atoms with E-state index in [0.29, 0.717) is 0 Å². The summed E-state index contributed by atoms with van der Waals surface area (Å²) in [5.41, 5.74) is 5.69. The van der Waals surface area contributed by atoms with Crippen molar-refractivity contribution in [3.63, 3.8) is 0 Å². The summed E-state index contributed by atoms with van der Waals surface area (Å²) in [5, 5.41) is 8.85. The first-order chi connectivity index (χ1) is 11.8. The topological polar surface area (TPSA) is 46.2 Å². The van der Waals surface area contributed by atoms with Gasteiger partial charge >= 0.3 is 0 Å².